The van der Waals surface area contributed by atoms with Crippen LogP contribution < -0.4 is 5.11 Å². The number of hydrogen-bond acceptors (Lipinski definition) is 5. The molecule has 3 rings (SSSR count). The number of halogens is 1. The number of carbonyl (C=O) groups excluding carboxylic acids is 1. The third-order valence-electron chi connectivity index (χ3n) is 3.76. The molecule has 26 heavy (non-hydrogen) atoms. The van der Waals surface area contributed by atoms with Crippen LogP contribution in [0.1, 0.15) is 0 Å². The molecule has 3 aromatic rings. The summed E-state index contributed by atoms with van der Waals surface area (Å²) in [7, 11) is -3.31. The Kier molecular flexibility index (Phi) is 4.84. The van der Waals surface area contributed by atoms with Crippen LogP contribution in [0.4, 0.5) is 0 Å². The zero-order valence-electron chi connectivity index (χ0n) is 13.7. The molecular weight excluding hydrogens is 376 g/mol. The Morgan fingerprint density at radius 1 is 1.08 bits per heavy atom. The number of benzene rings is 2. The van der Waals surface area contributed by atoms with E-state index in [9.17, 15) is 18.3 Å². The Bertz CT molecular complexity index is 1060. The third kappa shape index (κ3) is 3.95. The Hall–Kier alpha value is -2.64. The average molecular weight is 390 g/mol. The molecule has 0 spiro atoms. The first-order valence-electron chi connectivity index (χ1n) is 7.58. The first-order valence-corrected chi connectivity index (χ1v) is 9.85. The minimum atomic E-state index is -3.31. The summed E-state index contributed by atoms with van der Waals surface area (Å²) in [6.45, 7) is -0.387. The van der Waals surface area contributed by atoms with Crippen LogP contribution in [-0.2, 0) is 21.2 Å². The standard InChI is InChI=1S/C18H15ClN2O4S/c1-26(24,25)15-8-4-13(5-9-15)18-16(10-21(20-18)11-17(22)23)12-2-6-14(19)7-3-12/h2-10H,11H2,1H3,(H,22,23)/p-1. The van der Waals surface area contributed by atoms with Crippen molar-refractivity contribution in [1.29, 1.82) is 0 Å². The van der Waals surface area contributed by atoms with Crippen molar-refractivity contribution in [2.75, 3.05) is 6.26 Å². The molecule has 0 radical (unpaired) electrons. The number of nitrogens with zero attached hydrogens (tertiary/aromatic N) is 2. The number of hydrogen-bond donors (Lipinski definition) is 0. The minimum absolute atomic E-state index is 0.198. The summed E-state index contributed by atoms with van der Waals surface area (Å²) in [5, 5.41) is 15.8. The molecule has 0 aliphatic rings. The maximum absolute atomic E-state index is 11.6. The lowest BCUT2D eigenvalue weighted by molar-refractivity contribution is -0.306. The maximum atomic E-state index is 11.6. The highest BCUT2D eigenvalue weighted by molar-refractivity contribution is 7.90. The van der Waals surface area contributed by atoms with E-state index in [1.54, 1.807) is 42.6 Å². The summed E-state index contributed by atoms with van der Waals surface area (Å²) in [6.07, 6.45) is 2.74. The summed E-state index contributed by atoms with van der Waals surface area (Å²) >= 11 is 5.93. The number of sulfone groups is 1. The van der Waals surface area contributed by atoms with E-state index >= 15 is 0 Å². The van der Waals surface area contributed by atoms with Gasteiger partial charge >= 0.3 is 0 Å². The molecule has 0 bridgehead atoms. The molecule has 6 nitrogen and oxygen atoms in total. The van der Waals surface area contributed by atoms with Crippen molar-refractivity contribution < 1.29 is 18.3 Å². The van der Waals surface area contributed by atoms with Gasteiger partial charge in [-0.2, -0.15) is 5.10 Å². The lowest BCUT2D eigenvalue weighted by Gasteiger charge is -2.04. The monoisotopic (exact) mass is 389 g/mol. The lowest BCUT2D eigenvalue weighted by atomic mass is 10.0. The fraction of sp³-hybridized carbons (Fsp3) is 0.111. The van der Waals surface area contributed by atoms with Crippen molar-refractivity contribution >= 4 is 27.4 Å². The summed E-state index contributed by atoms with van der Waals surface area (Å²) in [5.74, 6) is -1.26. The van der Waals surface area contributed by atoms with E-state index in [-0.39, 0.29) is 11.4 Å². The molecule has 0 saturated heterocycles. The van der Waals surface area contributed by atoms with Crippen LogP contribution in [0.2, 0.25) is 5.02 Å². The zero-order chi connectivity index (χ0) is 18.9. The van der Waals surface area contributed by atoms with Gasteiger partial charge in [0, 0.05) is 28.6 Å². The van der Waals surface area contributed by atoms with Crippen molar-refractivity contribution in [3.63, 3.8) is 0 Å². The minimum Gasteiger partial charge on any atom is -0.548 e. The van der Waals surface area contributed by atoms with Gasteiger partial charge in [-0.25, -0.2) is 8.42 Å². The van der Waals surface area contributed by atoms with Crippen LogP contribution in [0.25, 0.3) is 22.4 Å². The summed E-state index contributed by atoms with van der Waals surface area (Å²) in [5.41, 5.74) is 2.71. The van der Waals surface area contributed by atoms with E-state index in [1.807, 2.05) is 0 Å². The first-order chi connectivity index (χ1) is 12.2. The van der Waals surface area contributed by atoms with Gasteiger partial charge in [0.05, 0.1) is 17.4 Å². The van der Waals surface area contributed by atoms with Crippen LogP contribution in [-0.4, -0.2) is 30.4 Å². The Balaban J connectivity index is 2.11. The quantitative estimate of drug-likeness (QED) is 0.665. The van der Waals surface area contributed by atoms with Gasteiger partial charge < -0.3 is 9.90 Å². The van der Waals surface area contributed by atoms with Gasteiger partial charge in [-0.05, 0) is 29.8 Å². The molecule has 0 fully saturated rings. The van der Waals surface area contributed by atoms with Crippen molar-refractivity contribution in [3.05, 3.63) is 59.8 Å². The average Bonchev–Trinajstić information content (AvgIpc) is 2.98. The molecule has 8 heteroatoms. The third-order valence-corrected chi connectivity index (χ3v) is 5.14. The van der Waals surface area contributed by atoms with Gasteiger partial charge in [-0.3, -0.25) is 4.68 Å². The number of aliphatic carboxylic acids is 1. The SMILES string of the molecule is CS(=O)(=O)c1ccc(-c2nn(CC(=O)[O-])cc2-c2ccc(Cl)cc2)cc1. The molecule has 0 aliphatic carbocycles. The summed E-state index contributed by atoms with van der Waals surface area (Å²) < 4.78 is 24.5. The Morgan fingerprint density at radius 3 is 2.19 bits per heavy atom. The van der Waals surface area contributed by atoms with Crippen LogP contribution >= 0.6 is 11.6 Å². The molecule has 1 heterocycles. The molecule has 0 aliphatic heterocycles. The Labute approximate surface area is 155 Å². The smallest absolute Gasteiger partial charge is 0.175 e. The number of aromatic nitrogens is 2. The van der Waals surface area contributed by atoms with Crippen molar-refractivity contribution in [1.82, 2.24) is 9.78 Å². The highest BCUT2D eigenvalue weighted by Crippen LogP contribution is 2.32. The number of rotatable bonds is 5. The van der Waals surface area contributed by atoms with Crippen molar-refractivity contribution in [2.24, 2.45) is 0 Å². The van der Waals surface area contributed by atoms with Crippen LogP contribution in [0.5, 0.6) is 0 Å². The van der Waals surface area contributed by atoms with E-state index in [0.29, 0.717) is 21.8 Å². The second-order valence-electron chi connectivity index (χ2n) is 5.76. The summed E-state index contributed by atoms with van der Waals surface area (Å²) in [4.78, 5) is 11.1. The molecule has 0 atom stereocenters. The number of carboxylic acids is 1. The molecule has 0 saturated carbocycles. The summed E-state index contributed by atoms with van der Waals surface area (Å²) in [6, 6.07) is 13.3. The lowest BCUT2D eigenvalue weighted by Crippen LogP contribution is -2.27. The van der Waals surface area contributed by atoms with Crippen LogP contribution in [0.3, 0.4) is 0 Å². The second kappa shape index (κ2) is 6.93. The predicted octanol–water partition coefficient (Wildman–Crippen LogP) is 2.02. The van der Waals surface area contributed by atoms with Crippen molar-refractivity contribution in [2.45, 2.75) is 11.4 Å². The van der Waals surface area contributed by atoms with E-state index in [1.165, 1.54) is 16.8 Å². The van der Waals surface area contributed by atoms with Crippen LogP contribution in [0, 0.1) is 0 Å². The number of carbonyl (C=O) groups is 1. The number of carboxylic acid groups (broad SMARTS) is 1. The maximum Gasteiger partial charge on any atom is 0.175 e. The zero-order valence-corrected chi connectivity index (χ0v) is 15.3. The Morgan fingerprint density at radius 2 is 1.65 bits per heavy atom. The predicted molar refractivity (Wildman–Crippen MR) is 96.2 cm³/mol. The van der Waals surface area contributed by atoms with Gasteiger partial charge in [0.25, 0.3) is 0 Å². The normalized spacial score (nSPS) is 11.5. The highest BCUT2D eigenvalue weighted by Gasteiger charge is 2.15. The van der Waals surface area contributed by atoms with E-state index < -0.39 is 15.8 Å². The molecule has 0 N–H and O–H groups in total. The van der Waals surface area contributed by atoms with Gasteiger partial charge in [0.15, 0.2) is 9.84 Å². The van der Waals surface area contributed by atoms with Gasteiger partial charge in [0.2, 0.25) is 0 Å². The molecule has 0 amide bonds. The topological polar surface area (TPSA) is 92.1 Å². The largest absolute Gasteiger partial charge is 0.548 e. The van der Waals surface area contributed by atoms with Gasteiger partial charge in [0.1, 0.15) is 5.69 Å². The van der Waals surface area contributed by atoms with E-state index in [2.05, 4.69) is 5.10 Å². The molecule has 2 aromatic carbocycles. The second-order valence-corrected chi connectivity index (χ2v) is 8.22. The fourth-order valence-corrected chi connectivity index (χ4v) is 3.31. The molecular formula is C18H14ClN2O4S-. The first kappa shape index (κ1) is 18.2. The van der Waals surface area contributed by atoms with E-state index in [4.69, 9.17) is 11.6 Å². The fourth-order valence-electron chi connectivity index (χ4n) is 2.55. The van der Waals surface area contributed by atoms with Gasteiger partial charge in [-0.15, -0.1) is 0 Å². The van der Waals surface area contributed by atoms with Crippen molar-refractivity contribution in [3.8, 4) is 22.4 Å². The molecule has 1 aromatic heterocycles. The van der Waals surface area contributed by atoms with Crippen LogP contribution in [0.15, 0.2) is 59.6 Å². The van der Waals surface area contributed by atoms with Gasteiger partial charge in [-0.1, -0.05) is 35.9 Å². The van der Waals surface area contributed by atoms with E-state index in [0.717, 1.165) is 11.8 Å². The molecule has 0 unspecified atom stereocenters. The molecule has 134 valence electrons. The highest BCUT2D eigenvalue weighted by atomic mass is 35.5.